The van der Waals surface area contributed by atoms with Crippen LogP contribution in [-0.2, 0) is 10.0 Å². The van der Waals surface area contributed by atoms with E-state index in [-0.39, 0.29) is 25.8 Å². The Kier molecular flexibility index (Phi) is 3.91. The molecule has 0 amide bonds. The molecule has 1 aromatic carbocycles. The Morgan fingerprint density at radius 3 is 2.58 bits per heavy atom. The average molecular weight is 338 g/mol. The number of hydrogen-bond donors (Lipinski definition) is 2. The van der Waals surface area contributed by atoms with Gasteiger partial charge in [0.15, 0.2) is 5.13 Å². The number of sulfonamides is 1. The van der Waals surface area contributed by atoms with Gasteiger partial charge in [-0.05, 0) is 19.1 Å². The summed E-state index contributed by atoms with van der Waals surface area (Å²) < 4.78 is 26.8. The second-order valence-corrected chi connectivity index (χ2v) is 7.39. The zero-order valence-electron chi connectivity index (χ0n) is 9.65. The van der Waals surface area contributed by atoms with Crippen LogP contribution in [0.2, 0.25) is 10.0 Å². The van der Waals surface area contributed by atoms with Crippen LogP contribution >= 0.6 is 34.5 Å². The molecule has 0 radical (unpaired) electrons. The monoisotopic (exact) mass is 337 g/mol. The fraction of sp³-hybridized carbons (Fsp3) is 0.100. The van der Waals surface area contributed by atoms with Gasteiger partial charge in [0, 0.05) is 16.1 Å². The maximum Gasteiger partial charge on any atom is 0.267 e. The number of hydrogen-bond acceptors (Lipinski definition) is 5. The number of aryl methyl sites for hydroxylation is 1. The maximum atomic E-state index is 12.2. The Morgan fingerprint density at radius 1 is 1.37 bits per heavy atom. The minimum absolute atomic E-state index is 0.0155. The molecule has 2 rings (SSSR count). The van der Waals surface area contributed by atoms with Crippen LogP contribution in [0, 0.1) is 6.92 Å². The number of nitrogens with zero attached hydrogens (tertiary/aromatic N) is 1. The largest absolute Gasteiger partial charge is 0.398 e. The summed E-state index contributed by atoms with van der Waals surface area (Å²) in [4.78, 5) is 4.60. The number of nitrogen functional groups attached to an aromatic ring is 1. The zero-order chi connectivity index (χ0) is 14.2. The lowest BCUT2D eigenvalue weighted by molar-refractivity contribution is 0.601. The normalized spacial score (nSPS) is 11.5. The van der Waals surface area contributed by atoms with E-state index in [0.717, 1.165) is 4.88 Å². The standard InChI is InChI=1S/C10H9Cl2N3O2S2/c1-5-4-14-10(18-5)15-19(16,17)9-7(12)2-6(11)3-8(9)13/h2-4H,13H2,1H3,(H,14,15). The predicted octanol–water partition coefficient (Wildman–Crippen LogP) is 3.14. The molecule has 0 atom stereocenters. The van der Waals surface area contributed by atoms with Crippen molar-refractivity contribution >= 4 is 55.4 Å². The van der Waals surface area contributed by atoms with Gasteiger partial charge in [0.1, 0.15) is 4.90 Å². The van der Waals surface area contributed by atoms with Crippen molar-refractivity contribution < 1.29 is 8.42 Å². The van der Waals surface area contributed by atoms with E-state index in [1.165, 1.54) is 23.5 Å². The van der Waals surface area contributed by atoms with E-state index in [2.05, 4.69) is 9.71 Å². The highest BCUT2D eigenvalue weighted by Crippen LogP contribution is 2.32. The Morgan fingerprint density at radius 2 is 2.05 bits per heavy atom. The van der Waals surface area contributed by atoms with E-state index >= 15 is 0 Å². The summed E-state index contributed by atoms with van der Waals surface area (Å²) in [6, 6.07) is 2.65. The summed E-state index contributed by atoms with van der Waals surface area (Å²) in [5, 5.41) is 0.486. The molecule has 0 bridgehead atoms. The molecule has 9 heteroatoms. The quantitative estimate of drug-likeness (QED) is 0.842. The molecule has 0 aliphatic rings. The number of thiazole rings is 1. The molecule has 1 heterocycles. The van der Waals surface area contributed by atoms with Gasteiger partial charge < -0.3 is 5.73 Å². The minimum Gasteiger partial charge on any atom is -0.398 e. The molecule has 0 saturated heterocycles. The molecule has 0 aliphatic heterocycles. The molecule has 1 aromatic heterocycles. The van der Waals surface area contributed by atoms with E-state index in [1.807, 2.05) is 6.92 Å². The summed E-state index contributed by atoms with van der Waals surface area (Å²) in [7, 11) is -3.90. The molecule has 0 aliphatic carbocycles. The van der Waals surface area contributed by atoms with Gasteiger partial charge in [0.25, 0.3) is 10.0 Å². The Hall–Kier alpha value is -1.02. The van der Waals surface area contributed by atoms with Crippen LogP contribution in [0.25, 0.3) is 0 Å². The van der Waals surface area contributed by atoms with E-state index in [9.17, 15) is 8.42 Å². The fourth-order valence-electron chi connectivity index (χ4n) is 1.43. The van der Waals surface area contributed by atoms with Gasteiger partial charge in [0.05, 0.1) is 10.7 Å². The Bertz CT molecular complexity index is 705. The van der Waals surface area contributed by atoms with Crippen molar-refractivity contribution in [2.45, 2.75) is 11.8 Å². The predicted molar refractivity (Wildman–Crippen MR) is 78.5 cm³/mol. The van der Waals surface area contributed by atoms with Crippen molar-refractivity contribution in [3.63, 3.8) is 0 Å². The van der Waals surface area contributed by atoms with E-state index < -0.39 is 10.0 Å². The first-order chi connectivity index (χ1) is 8.79. The Labute approximate surface area is 124 Å². The van der Waals surface area contributed by atoms with Crippen molar-refractivity contribution in [3.8, 4) is 0 Å². The lowest BCUT2D eigenvalue weighted by atomic mass is 10.3. The topological polar surface area (TPSA) is 85.1 Å². The van der Waals surface area contributed by atoms with Crippen molar-refractivity contribution in [1.82, 2.24) is 4.98 Å². The first kappa shape index (κ1) is 14.4. The van der Waals surface area contributed by atoms with Crippen LogP contribution in [0.5, 0.6) is 0 Å². The van der Waals surface area contributed by atoms with Crippen LogP contribution in [0.3, 0.4) is 0 Å². The molecule has 19 heavy (non-hydrogen) atoms. The third-order valence-corrected chi connectivity index (χ3v) is 5.19. The van der Waals surface area contributed by atoms with Gasteiger partial charge in [-0.25, -0.2) is 13.4 Å². The summed E-state index contributed by atoms with van der Waals surface area (Å²) in [6.45, 7) is 1.82. The minimum atomic E-state index is -3.90. The van der Waals surface area contributed by atoms with Gasteiger partial charge in [-0.3, -0.25) is 4.72 Å². The van der Waals surface area contributed by atoms with Gasteiger partial charge in [-0.1, -0.05) is 23.2 Å². The molecule has 0 saturated carbocycles. The number of nitrogens with one attached hydrogen (secondary N) is 1. The summed E-state index contributed by atoms with van der Waals surface area (Å²) in [5.74, 6) is 0. The van der Waals surface area contributed by atoms with Crippen LogP contribution in [0.1, 0.15) is 4.88 Å². The fourth-order valence-corrected chi connectivity index (χ4v) is 4.33. The highest BCUT2D eigenvalue weighted by atomic mass is 35.5. The molecule has 5 nitrogen and oxygen atoms in total. The average Bonchev–Trinajstić information content (AvgIpc) is 2.60. The van der Waals surface area contributed by atoms with Crippen LogP contribution in [0.4, 0.5) is 10.8 Å². The zero-order valence-corrected chi connectivity index (χ0v) is 12.8. The molecule has 102 valence electrons. The summed E-state index contributed by atoms with van der Waals surface area (Å²) in [6.07, 6.45) is 1.56. The lowest BCUT2D eigenvalue weighted by Crippen LogP contribution is -2.15. The van der Waals surface area contributed by atoms with Crippen LogP contribution in [-0.4, -0.2) is 13.4 Å². The number of rotatable bonds is 3. The van der Waals surface area contributed by atoms with Crippen LogP contribution < -0.4 is 10.5 Å². The number of benzene rings is 1. The third-order valence-electron chi connectivity index (χ3n) is 2.15. The second kappa shape index (κ2) is 5.16. The van der Waals surface area contributed by atoms with Gasteiger partial charge in [0.2, 0.25) is 0 Å². The van der Waals surface area contributed by atoms with Gasteiger partial charge in [-0.15, -0.1) is 11.3 Å². The smallest absolute Gasteiger partial charge is 0.267 e. The molecular formula is C10H9Cl2N3O2S2. The molecule has 0 unspecified atom stereocenters. The summed E-state index contributed by atoms with van der Waals surface area (Å²) >= 11 is 12.8. The van der Waals surface area contributed by atoms with Crippen molar-refractivity contribution in [2.75, 3.05) is 10.5 Å². The first-order valence-electron chi connectivity index (χ1n) is 4.99. The number of anilines is 2. The van der Waals surface area contributed by atoms with Crippen molar-refractivity contribution in [1.29, 1.82) is 0 Å². The molecule has 2 aromatic rings. The molecule has 3 N–H and O–H groups in total. The van der Waals surface area contributed by atoms with Crippen molar-refractivity contribution in [2.24, 2.45) is 0 Å². The van der Waals surface area contributed by atoms with E-state index in [4.69, 9.17) is 28.9 Å². The van der Waals surface area contributed by atoms with Crippen molar-refractivity contribution in [3.05, 3.63) is 33.3 Å². The number of halogens is 2. The second-order valence-electron chi connectivity index (χ2n) is 3.69. The number of aromatic nitrogens is 1. The van der Waals surface area contributed by atoms with Crippen LogP contribution in [0.15, 0.2) is 23.2 Å². The Balaban J connectivity index is 2.45. The highest BCUT2D eigenvalue weighted by Gasteiger charge is 2.23. The van der Waals surface area contributed by atoms with E-state index in [0.29, 0.717) is 0 Å². The highest BCUT2D eigenvalue weighted by molar-refractivity contribution is 7.93. The molecular weight excluding hydrogens is 329 g/mol. The molecule has 0 spiro atoms. The maximum absolute atomic E-state index is 12.2. The van der Waals surface area contributed by atoms with Gasteiger partial charge in [-0.2, -0.15) is 0 Å². The molecule has 0 fully saturated rings. The first-order valence-corrected chi connectivity index (χ1v) is 8.05. The third kappa shape index (κ3) is 3.11. The lowest BCUT2D eigenvalue weighted by Gasteiger charge is -2.10. The summed E-state index contributed by atoms with van der Waals surface area (Å²) in [5.41, 5.74) is 5.65. The van der Waals surface area contributed by atoms with Gasteiger partial charge >= 0.3 is 0 Å². The SMILES string of the molecule is Cc1cnc(NS(=O)(=O)c2c(N)cc(Cl)cc2Cl)s1. The van der Waals surface area contributed by atoms with E-state index in [1.54, 1.807) is 6.20 Å². The number of nitrogens with two attached hydrogens (primary N) is 1.